The van der Waals surface area contributed by atoms with Gasteiger partial charge in [-0.2, -0.15) is 0 Å². The van der Waals surface area contributed by atoms with Crippen molar-refractivity contribution in [3.8, 4) is 0 Å². The Morgan fingerprint density at radius 1 is 0.824 bits per heavy atom. The molecule has 0 N–H and O–H groups in total. The Balaban J connectivity index is 1.34. The Bertz CT molecular complexity index is 259. The molecule has 2 heterocycles. The second-order valence-corrected chi connectivity index (χ2v) is 5.84. The van der Waals surface area contributed by atoms with Gasteiger partial charge in [-0.15, -0.1) is 0 Å². The largest absolute Gasteiger partial charge is 0.372 e. The summed E-state index contributed by atoms with van der Waals surface area (Å²) in [7, 11) is 0. The minimum atomic E-state index is 0.316. The van der Waals surface area contributed by atoms with Crippen LogP contribution in [0.15, 0.2) is 0 Å². The molecule has 0 radical (unpaired) electrons. The van der Waals surface area contributed by atoms with E-state index >= 15 is 0 Å². The molecule has 4 rings (SSSR count). The van der Waals surface area contributed by atoms with Crippen molar-refractivity contribution in [2.45, 2.75) is 43.7 Å². The highest BCUT2D eigenvalue weighted by molar-refractivity contribution is 4.99. The van der Waals surface area contributed by atoms with Crippen molar-refractivity contribution in [1.29, 1.82) is 0 Å². The first kappa shape index (κ1) is 10.7. The number of fused-ring (bicyclic) bond motifs is 2. The van der Waals surface area contributed by atoms with Gasteiger partial charge in [0.15, 0.2) is 0 Å². The minimum Gasteiger partial charge on any atom is -0.372 e. The maximum Gasteiger partial charge on any atom is 0.104 e. The van der Waals surface area contributed by atoms with E-state index < -0.39 is 0 Å². The smallest absolute Gasteiger partial charge is 0.104 e. The number of hydrogen-bond acceptors (Lipinski definition) is 4. The lowest BCUT2D eigenvalue weighted by molar-refractivity contribution is -0.102. The third-order valence-electron chi connectivity index (χ3n) is 4.52. The molecule has 0 amide bonds. The van der Waals surface area contributed by atoms with Gasteiger partial charge in [0, 0.05) is 0 Å². The molecule has 0 spiro atoms. The van der Waals surface area contributed by atoms with E-state index in [2.05, 4.69) is 0 Å². The van der Waals surface area contributed by atoms with Crippen LogP contribution in [0, 0.1) is 11.8 Å². The Hall–Kier alpha value is -0.160. The van der Waals surface area contributed by atoms with Gasteiger partial charge in [-0.05, 0) is 31.1 Å². The number of hydrogen-bond donors (Lipinski definition) is 0. The van der Waals surface area contributed by atoms with Gasteiger partial charge >= 0.3 is 0 Å². The van der Waals surface area contributed by atoms with Crippen molar-refractivity contribution in [3.05, 3.63) is 0 Å². The van der Waals surface area contributed by atoms with Crippen LogP contribution in [0.3, 0.4) is 0 Å². The van der Waals surface area contributed by atoms with Crippen LogP contribution in [-0.4, -0.2) is 50.8 Å². The lowest BCUT2D eigenvalue weighted by Crippen LogP contribution is -2.38. The van der Waals surface area contributed by atoms with Crippen molar-refractivity contribution in [1.82, 2.24) is 0 Å². The van der Waals surface area contributed by atoms with Crippen LogP contribution >= 0.6 is 0 Å². The van der Waals surface area contributed by atoms with Gasteiger partial charge in [-0.1, -0.05) is 0 Å². The fourth-order valence-corrected chi connectivity index (χ4v) is 3.41. The first-order valence-electron chi connectivity index (χ1n) is 6.86. The van der Waals surface area contributed by atoms with Crippen LogP contribution in [0.25, 0.3) is 0 Å². The van der Waals surface area contributed by atoms with Gasteiger partial charge in [0.05, 0.1) is 38.6 Å². The van der Waals surface area contributed by atoms with Gasteiger partial charge in [0.25, 0.3) is 0 Å². The topological polar surface area (TPSA) is 43.5 Å². The van der Waals surface area contributed by atoms with E-state index in [1.165, 1.54) is 19.3 Å². The van der Waals surface area contributed by atoms with Gasteiger partial charge in [-0.3, -0.25) is 0 Å². The molecule has 17 heavy (non-hydrogen) atoms. The summed E-state index contributed by atoms with van der Waals surface area (Å²) in [6, 6.07) is 0. The summed E-state index contributed by atoms with van der Waals surface area (Å²) in [6.45, 7) is 3.27. The summed E-state index contributed by atoms with van der Waals surface area (Å²) in [6.07, 6.45) is 5.30. The van der Waals surface area contributed by atoms with Crippen molar-refractivity contribution < 1.29 is 18.9 Å². The van der Waals surface area contributed by atoms with E-state index in [9.17, 15) is 0 Å². The second kappa shape index (κ2) is 4.19. The maximum absolute atomic E-state index is 6.04. The molecule has 0 aromatic carbocycles. The van der Waals surface area contributed by atoms with Gasteiger partial charge in [0.1, 0.15) is 12.2 Å². The number of ether oxygens (including phenoxy) is 4. The highest BCUT2D eigenvalue weighted by Gasteiger charge is 2.50. The summed E-state index contributed by atoms with van der Waals surface area (Å²) in [5, 5.41) is 0. The van der Waals surface area contributed by atoms with Crippen LogP contribution in [0.2, 0.25) is 0 Å². The van der Waals surface area contributed by atoms with Gasteiger partial charge < -0.3 is 18.9 Å². The molecule has 0 aromatic rings. The van der Waals surface area contributed by atoms with E-state index in [1.54, 1.807) is 0 Å². The van der Waals surface area contributed by atoms with Crippen LogP contribution in [0.4, 0.5) is 0 Å². The first-order chi connectivity index (χ1) is 8.40. The van der Waals surface area contributed by atoms with Crippen LogP contribution in [0.5, 0.6) is 0 Å². The zero-order valence-corrected chi connectivity index (χ0v) is 10.0. The van der Waals surface area contributed by atoms with E-state index in [0.29, 0.717) is 24.4 Å². The van der Waals surface area contributed by atoms with Crippen molar-refractivity contribution in [3.63, 3.8) is 0 Å². The fourth-order valence-electron chi connectivity index (χ4n) is 3.41. The molecule has 4 fully saturated rings. The van der Waals surface area contributed by atoms with E-state index in [-0.39, 0.29) is 0 Å². The molecule has 4 heteroatoms. The molecule has 4 aliphatic rings. The fraction of sp³-hybridized carbons (Fsp3) is 1.00. The first-order valence-corrected chi connectivity index (χ1v) is 6.86. The zero-order chi connectivity index (χ0) is 11.2. The summed E-state index contributed by atoms with van der Waals surface area (Å²) in [5.41, 5.74) is 0. The SMILES string of the molecule is C1OC1COC1C2CCC(C2)C1OCC1CO1. The van der Waals surface area contributed by atoms with E-state index in [0.717, 1.165) is 38.3 Å². The van der Waals surface area contributed by atoms with Crippen LogP contribution in [-0.2, 0) is 18.9 Å². The quantitative estimate of drug-likeness (QED) is 0.649. The highest BCUT2D eigenvalue weighted by Crippen LogP contribution is 2.47. The van der Waals surface area contributed by atoms with Crippen LogP contribution < -0.4 is 0 Å². The number of rotatable bonds is 6. The Kier molecular flexibility index (Phi) is 2.65. The molecule has 96 valence electrons. The Morgan fingerprint density at radius 2 is 1.29 bits per heavy atom. The van der Waals surface area contributed by atoms with Gasteiger partial charge in [0.2, 0.25) is 0 Å². The molecule has 6 unspecified atom stereocenters. The molecule has 6 atom stereocenters. The third-order valence-corrected chi connectivity index (χ3v) is 4.52. The predicted molar refractivity (Wildman–Crippen MR) is 59.8 cm³/mol. The molecule has 2 aliphatic carbocycles. The molecule has 2 bridgehead atoms. The number of epoxide rings is 2. The van der Waals surface area contributed by atoms with E-state index in [4.69, 9.17) is 18.9 Å². The van der Waals surface area contributed by atoms with Crippen molar-refractivity contribution in [2.24, 2.45) is 11.8 Å². The van der Waals surface area contributed by atoms with Crippen LogP contribution in [0.1, 0.15) is 19.3 Å². The average Bonchev–Trinajstić information content (AvgIpc) is 3.25. The molecule has 0 aromatic heterocycles. The predicted octanol–water partition coefficient (Wildman–Crippen LogP) is 0.984. The standard InChI is InChI=1S/C13H20O4/c1-2-9-3-8(1)12(16-6-10-4-14-10)13(9)17-7-11-5-15-11/h8-13H,1-7H2. The van der Waals surface area contributed by atoms with E-state index in [1.807, 2.05) is 0 Å². The maximum atomic E-state index is 6.04. The zero-order valence-electron chi connectivity index (χ0n) is 10.0. The third kappa shape index (κ3) is 2.24. The normalized spacial score (nSPS) is 50.8. The van der Waals surface area contributed by atoms with Gasteiger partial charge in [-0.25, -0.2) is 0 Å². The van der Waals surface area contributed by atoms with Crippen molar-refractivity contribution >= 4 is 0 Å². The lowest BCUT2D eigenvalue weighted by atomic mass is 9.94. The summed E-state index contributed by atoms with van der Waals surface area (Å²) >= 11 is 0. The second-order valence-electron chi connectivity index (χ2n) is 5.84. The Labute approximate surface area is 102 Å². The molecular weight excluding hydrogens is 220 g/mol. The highest BCUT2D eigenvalue weighted by atomic mass is 16.6. The molecular formula is C13H20O4. The molecule has 4 nitrogen and oxygen atoms in total. The molecule has 2 aliphatic heterocycles. The lowest BCUT2D eigenvalue weighted by Gasteiger charge is -2.30. The molecule has 2 saturated carbocycles. The Morgan fingerprint density at radius 3 is 1.71 bits per heavy atom. The summed E-state index contributed by atoms with van der Waals surface area (Å²) in [5.74, 6) is 1.45. The monoisotopic (exact) mass is 240 g/mol. The summed E-state index contributed by atoms with van der Waals surface area (Å²) in [4.78, 5) is 0. The minimum absolute atomic E-state index is 0.316. The van der Waals surface area contributed by atoms with Crippen molar-refractivity contribution in [2.75, 3.05) is 26.4 Å². The average molecular weight is 240 g/mol. The molecule has 2 saturated heterocycles. The summed E-state index contributed by atoms with van der Waals surface area (Å²) < 4.78 is 22.5.